The van der Waals surface area contributed by atoms with Crippen LogP contribution in [-0.4, -0.2) is 0 Å². The van der Waals surface area contributed by atoms with Crippen LogP contribution in [-0.2, 0) is 0 Å². The van der Waals surface area contributed by atoms with Gasteiger partial charge in [-0.1, -0.05) is 104 Å². The summed E-state index contributed by atoms with van der Waals surface area (Å²) < 4.78 is 16.2. The SMILES string of the molecule is C=Cc1ccc(N(c2ccccc2)c2c(F)cc(-c3ccccc3)cc2-c2ccccc2)cc1. The van der Waals surface area contributed by atoms with E-state index in [0.29, 0.717) is 5.69 Å². The minimum Gasteiger partial charge on any atom is -0.307 e. The second-order valence-corrected chi connectivity index (χ2v) is 8.05. The summed E-state index contributed by atoms with van der Waals surface area (Å²) in [6.45, 7) is 3.85. The van der Waals surface area contributed by atoms with Crippen molar-refractivity contribution in [2.45, 2.75) is 0 Å². The van der Waals surface area contributed by atoms with Crippen molar-refractivity contribution in [2.24, 2.45) is 0 Å². The van der Waals surface area contributed by atoms with Gasteiger partial charge in [0.15, 0.2) is 0 Å². The molecule has 0 aliphatic carbocycles. The summed E-state index contributed by atoms with van der Waals surface area (Å²) in [5, 5.41) is 0. The van der Waals surface area contributed by atoms with Crippen LogP contribution in [0.25, 0.3) is 28.3 Å². The van der Waals surface area contributed by atoms with Crippen molar-refractivity contribution in [3.63, 3.8) is 0 Å². The van der Waals surface area contributed by atoms with Gasteiger partial charge in [-0.3, -0.25) is 0 Å². The number of rotatable bonds is 6. The highest BCUT2D eigenvalue weighted by Crippen LogP contribution is 2.44. The third-order valence-electron chi connectivity index (χ3n) is 5.88. The van der Waals surface area contributed by atoms with Crippen molar-refractivity contribution < 1.29 is 4.39 Å². The lowest BCUT2D eigenvalue weighted by molar-refractivity contribution is 0.630. The molecule has 0 heterocycles. The van der Waals surface area contributed by atoms with Crippen LogP contribution >= 0.6 is 0 Å². The lowest BCUT2D eigenvalue weighted by atomic mass is 9.95. The van der Waals surface area contributed by atoms with Gasteiger partial charge in [0.25, 0.3) is 0 Å². The van der Waals surface area contributed by atoms with Crippen LogP contribution in [0.15, 0.2) is 134 Å². The number of hydrogen-bond acceptors (Lipinski definition) is 1. The van der Waals surface area contributed by atoms with Crippen molar-refractivity contribution in [2.75, 3.05) is 4.90 Å². The predicted molar refractivity (Wildman–Crippen MR) is 142 cm³/mol. The fourth-order valence-electron chi connectivity index (χ4n) is 4.21. The highest BCUT2D eigenvalue weighted by Gasteiger charge is 2.22. The lowest BCUT2D eigenvalue weighted by Gasteiger charge is -2.29. The van der Waals surface area contributed by atoms with Gasteiger partial charge in [0.2, 0.25) is 0 Å². The summed E-state index contributed by atoms with van der Waals surface area (Å²) in [7, 11) is 0. The summed E-state index contributed by atoms with van der Waals surface area (Å²) in [4.78, 5) is 1.99. The molecule has 34 heavy (non-hydrogen) atoms. The summed E-state index contributed by atoms with van der Waals surface area (Å²) >= 11 is 0. The molecule has 0 fully saturated rings. The van der Waals surface area contributed by atoms with Gasteiger partial charge in [0.05, 0.1) is 5.69 Å². The van der Waals surface area contributed by atoms with E-state index >= 15 is 4.39 Å². The topological polar surface area (TPSA) is 3.24 Å². The molecule has 0 aliphatic rings. The van der Waals surface area contributed by atoms with E-state index in [0.717, 1.165) is 39.2 Å². The zero-order valence-electron chi connectivity index (χ0n) is 18.7. The van der Waals surface area contributed by atoms with Gasteiger partial charge >= 0.3 is 0 Å². The Hall–Kier alpha value is -4.43. The van der Waals surface area contributed by atoms with Crippen molar-refractivity contribution in [3.8, 4) is 22.3 Å². The molecule has 0 unspecified atom stereocenters. The second-order valence-electron chi connectivity index (χ2n) is 8.05. The van der Waals surface area contributed by atoms with E-state index in [4.69, 9.17) is 0 Å². The minimum absolute atomic E-state index is 0.281. The quantitative estimate of drug-likeness (QED) is 0.254. The van der Waals surface area contributed by atoms with Gasteiger partial charge in [-0.25, -0.2) is 4.39 Å². The van der Waals surface area contributed by atoms with E-state index in [2.05, 4.69) is 12.6 Å². The second kappa shape index (κ2) is 9.60. The van der Waals surface area contributed by atoms with Gasteiger partial charge in [-0.05, 0) is 58.7 Å². The largest absolute Gasteiger partial charge is 0.307 e. The van der Waals surface area contributed by atoms with Crippen LogP contribution in [0.2, 0.25) is 0 Å². The van der Waals surface area contributed by atoms with Crippen molar-refractivity contribution >= 4 is 23.1 Å². The first kappa shape index (κ1) is 21.4. The van der Waals surface area contributed by atoms with Gasteiger partial charge in [0, 0.05) is 16.9 Å². The number of anilines is 3. The van der Waals surface area contributed by atoms with E-state index in [-0.39, 0.29) is 5.82 Å². The molecule has 164 valence electrons. The fraction of sp³-hybridized carbons (Fsp3) is 0. The molecule has 0 bridgehead atoms. The molecule has 0 amide bonds. The third-order valence-corrected chi connectivity index (χ3v) is 5.88. The maximum Gasteiger partial charge on any atom is 0.148 e. The van der Waals surface area contributed by atoms with Crippen molar-refractivity contribution in [1.29, 1.82) is 0 Å². The zero-order valence-corrected chi connectivity index (χ0v) is 18.7. The van der Waals surface area contributed by atoms with Gasteiger partial charge in [0.1, 0.15) is 5.82 Å². The Balaban J connectivity index is 1.79. The summed E-state index contributed by atoms with van der Waals surface area (Å²) in [6, 6.07) is 41.5. The summed E-state index contributed by atoms with van der Waals surface area (Å²) in [6.07, 6.45) is 1.81. The monoisotopic (exact) mass is 441 g/mol. The predicted octanol–water partition coefficient (Wildman–Crippen LogP) is 9.27. The molecule has 0 N–H and O–H groups in total. The van der Waals surface area contributed by atoms with Crippen molar-refractivity contribution in [3.05, 3.63) is 145 Å². The molecular weight excluding hydrogens is 417 g/mol. The standard InChI is InChI=1S/C32H24FN/c1-2-24-18-20-29(21-19-24)34(28-16-10-5-11-17-28)32-30(26-14-8-4-9-15-26)22-27(23-31(32)33)25-12-6-3-7-13-25/h2-23H,1H2. The average molecular weight is 442 g/mol. The van der Waals surface area contributed by atoms with Gasteiger partial charge in [-0.2, -0.15) is 0 Å². The molecule has 5 aromatic carbocycles. The molecule has 0 aromatic heterocycles. The van der Waals surface area contributed by atoms with E-state index < -0.39 is 0 Å². The van der Waals surface area contributed by atoms with Crippen LogP contribution in [0.1, 0.15) is 5.56 Å². The van der Waals surface area contributed by atoms with E-state index in [1.54, 1.807) is 12.1 Å². The number of hydrogen-bond donors (Lipinski definition) is 0. The Morgan fingerprint density at radius 1 is 0.559 bits per heavy atom. The first-order valence-electron chi connectivity index (χ1n) is 11.3. The minimum atomic E-state index is -0.281. The lowest BCUT2D eigenvalue weighted by Crippen LogP contribution is -2.13. The summed E-state index contributed by atoms with van der Waals surface area (Å²) in [5.74, 6) is -0.281. The molecule has 0 radical (unpaired) electrons. The molecule has 5 aromatic rings. The Morgan fingerprint density at radius 2 is 1.09 bits per heavy atom. The number of benzene rings is 5. The molecule has 0 spiro atoms. The van der Waals surface area contributed by atoms with Crippen LogP contribution in [0, 0.1) is 5.82 Å². The van der Waals surface area contributed by atoms with Crippen LogP contribution in [0.4, 0.5) is 21.5 Å². The van der Waals surface area contributed by atoms with E-state index in [1.807, 2.05) is 120 Å². The number of nitrogens with zero attached hydrogens (tertiary/aromatic N) is 1. The molecule has 0 saturated carbocycles. The van der Waals surface area contributed by atoms with E-state index in [9.17, 15) is 0 Å². The molecule has 0 atom stereocenters. The molecule has 0 saturated heterocycles. The van der Waals surface area contributed by atoms with Crippen LogP contribution < -0.4 is 4.90 Å². The first-order valence-corrected chi connectivity index (χ1v) is 11.3. The normalized spacial score (nSPS) is 10.6. The molecule has 0 aliphatic heterocycles. The Bertz CT molecular complexity index is 1390. The Morgan fingerprint density at radius 3 is 1.68 bits per heavy atom. The number of halogens is 1. The van der Waals surface area contributed by atoms with E-state index in [1.165, 1.54) is 0 Å². The number of para-hydroxylation sites is 1. The third kappa shape index (κ3) is 4.26. The van der Waals surface area contributed by atoms with Gasteiger partial charge in [-0.15, -0.1) is 0 Å². The fourth-order valence-corrected chi connectivity index (χ4v) is 4.21. The Kier molecular flexibility index (Phi) is 6.05. The smallest absolute Gasteiger partial charge is 0.148 e. The molecule has 1 nitrogen and oxygen atoms in total. The first-order chi connectivity index (χ1) is 16.7. The zero-order chi connectivity index (χ0) is 23.3. The maximum atomic E-state index is 16.2. The molecular formula is C32H24FN. The van der Waals surface area contributed by atoms with Crippen LogP contribution in [0.3, 0.4) is 0 Å². The van der Waals surface area contributed by atoms with Crippen molar-refractivity contribution in [1.82, 2.24) is 0 Å². The highest BCUT2D eigenvalue weighted by atomic mass is 19.1. The maximum absolute atomic E-state index is 16.2. The Labute approximate surface area is 200 Å². The van der Waals surface area contributed by atoms with Gasteiger partial charge < -0.3 is 4.90 Å². The molecule has 2 heteroatoms. The highest BCUT2D eigenvalue weighted by molar-refractivity contribution is 5.91. The van der Waals surface area contributed by atoms with Crippen LogP contribution in [0.5, 0.6) is 0 Å². The molecule has 5 rings (SSSR count). The summed E-state index contributed by atoms with van der Waals surface area (Å²) in [5.41, 5.74) is 6.90. The average Bonchev–Trinajstić information content (AvgIpc) is 2.91.